The van der Waals surface area contributed by atoms with Gasteiger partial charge in [-0.05, 0) is 41.5 Å². The van der Waals surface area contributed by atoms with Gasteiger partial charge in [-0.1, -0.05) is 41.4 Å². The number of pyridine rings is 1. The quantitative estimate of drug-likeness (QED) is 0.422. The third kappa shape index (κ3) is 3.60. The Balaban J connectivity index is 1.69. The largest absolute Gasteiger partial charge is 0.495 e. The van der Waals surface area contributed by atoms with Crippen molar-refractivity contribution in [1.29, 1.82) is 0 Å². The second-order valence-electron chi connectivity index (χ2n) is 7.91. The summed E-state index contributed by atoms with van der Waals surface area (Å²) >= 11 is 13.2. The van der Waals surface area contributed by atoms with Gasteiger partial charge in [0.2, 0.25) is 0 Å². The number of ether oxygens (including phenoxy) is 1. The highest BCUT2D eigenvalue weighted by molar-refractivity contribution is 6.37. The normalized spacial score (nSPS) is 14.2. The highest BCUT2D eigenvalue weighted by Gasteiger charge is 2.22. The number of anilines is 1. The molecule has 0 saturated carbocycles. The highest BCUT2D eigenvalue weighted by Crippen LogP contribution is 2.44. The average molecular weight is 467 g/mol. The highest BCUT2D eigenvalue weighted by atomic mass is 35.5. The number of nitrogens with zero attached hydrogens (tertiary/aromatic N) is 3. The molecule has 0 aliphatic carbocycles. The van der Waals surface area contributed by atoms with Crippen molar-refractivity contribution in [3.63, 3.8) is 0 Å². The van der Waals surface area contributed by atoms with Crippen LogP contribution in [0.15, 0.2) is 54.7 Å². The van der Waals surface area contributed by atoms with E-state index in [9.17, 15) is 0 Å². The average Bonchev–Trinajstić information content (AvgIpc) is 3.13. The van der Waals surface area contributed by atoms with E-state index >= 15 is 0 Å². The zero-order valence-corrected chi connectivity index (χ0v) is 19.5. The van der Waals surface area contributed by atoms with Crippen molar-refractivity contribution in [2.45, 2.75) is 0 Å². The van der Waals surface area contributed by atoms with Gasteiger partial charge in [0.15, 0.2) is 0 Å². The summed E-state index contributed by atoms with van der Waals surface area (Å²) in [6.07, 6.45) is 1.74. The number of benzene rings is 2. The lowest BCUT2D eigenvalue weighted by atomic mass is 9.98. The lowest BCUT2D eigenvalue weighted by molar-refractivity contribution is 0.415. The van der Waals surface area contributed by atoms with Crippen molar-refractivity contribution in [1.82, 2.24) is 14.9 Å². The number of aromatic nitrogens is 2. The van der Waals surface area contributed by atoms with Crippen molar-refractivity contribution in [2.24, 2.45) is 7.05 Å². The molecule has 7 heteroatoms. The van der Waals surface area contributed by atoms with E-state index in [-0.39, 0.29) is 0 Å². The molecule has 2 aromatic carbocycles. The van der Waals surface area contributed by atoms with Crippen LogP contribution in [0.3, 0.4) is 0 Å². The zero-order valence-electron chi connectivity index (χ0n) is 18.0. The number of rotatable bonds is 4. The molecule has 4 aromatic rings. The summed E-state index contributed by atoms with van der Waals surface area (Å²) in [4.78, 5) is 7.03. The van der Waals surface area contributed by atoms with E-state index in [1.165, 1.54) is 5.69 Å². The van der Waals surface area contributed by atoms with Crippen molar-refractivity contribution >= 4 is 39.9 Å². The molecular weight excluding hydrogens is 443 g/mol. The van der Waals surface area contributed by atoms with Gasteiger partial charge in [0, 0.05) is 56.1 Å². The van der Waals surface area contributed by atoms with Gasteiger partial charge in [0.1, 0.15) is 11.4 Å². The summed E-state index contributed by atoms with van der Waals surface area (Å²) in [5.41, 5.74) is 6.20. The van der Waals surface area contributed by atoms with Gasteiger partial charge in [-0.2, -0.15) is 0 Å². The van der Waals surface area contributed by atoms with E-state index < -0.39 is 0 Å². The van der Waals surface area contributed by atoms with E-state index in [2.05, 4.69) is 44.0 Å². The number of aryl methyl sites for hydroxylation is 1. The van der Waals surface area contributed by atoms with Crippen LogP contribution in [0.4, 0.5) is 5.69 Å². The molecule has 5 nitrogen and oxygen atoms in total. The molecule has 0 bridgehead atoms. The first-order valence-electron chi connectivity index (χ1n) is 10.6. The smallest absolute Gasteiger partial charge is 0.142 e. The molecule has 1 N–H and O–H groups in total. The minimum atomic E-state index is 0.557. The molecule has 1 fully saturated rings. The molecule has 164 valence electrons. The minimum absolute atomic E-state index is 0.557. The molecule has 1 saturated heterocycles. The second kappa shape index (κ2) is 8.66. The van der Waals surface area contributed by atoms with Crippen LogP contribution >= 0.6 is 23.2 Å². The number of halogens is 2. The monoisotopic (exact) mass is 466 g/mol. The van der Waals surface area contributed by atoms with Crippen LogP contribution in [0, 0.1) is 0 Å². The van der Waals surface area contributed by atoms with Gasteiger partial charge in [-0.15, -0.1) is 0 Å². The van der Waals surface area contributed by atoms with Gasteiger partial charge in [-0.3, -0.25) is 0 Å². The summed E-state index contributed by atoms with van der Waals surface area (Å²) in [5.74, 6) is 0.641. The predicted octanol–water partition coefficient (Wildman–Crippen LogP) is 5.63. The van der Waals surface area contributed by atoms with Gasteiger partial charge in [0.05, 0.1) is 22.8 Å². The molecule has 0 unspecified atom stereocenters. The maximum absolute atomic E-state index is 6.69. The lowest BCUT2D eigenvalue weighted by Crippen LogP contribution is -2.43. The van der Waals surface area contributed by atoms with Crippen molar-refractivity contribution in [3.05, 3.63) is 64.8 Å². The van der Waals surface area contributed by atoms with Crippen LogP contribution in [0.25, 0.3) is 33.4 Å². The van der Waals surface area contributed by atoms with Crippen LogP contribution < -0.4 is 15.0 Å². The number of piperazine rings is 1. The van der Waals surface area contributed by atoms with Crippen LogP contribution in [0.5, 0.6) is 5.75 Å². The summed E-state index contributed by atoms with van der Waals surface area (Å²) in [6, 6.07) is 16.4. The third-order valence-electron chi connectivity index (χ3n) is 6.08. The Morgan fingerprint density at radius 3 is 2.34 bits per heavy atom. The summed E-state index contributed by atoms with van der Waals surface area (Å²) < 4.78 is 7.46. The molecule has 1 aliphatic heterocycles. The summed E-state index contributed by atoms with van der Waals surface area (Å²) in [7, 11) is 3.64. The Morgan fingerprint density at radius 1 is 0.938 bits per heavy atom. The van der Waals surface area contributed by atoms with Crippen LogP contribution in [-0.4, -0.2) is 42.8 Å². The Kier molecular flexibility index (Phi) is 5.72. The third-order valence-corrected chi connectivity index (χ3v) is 6.69. The Hall–Kier alpha value is -2.73. The number of fused-ring (bicyclic) bond motifs is 1. The summed E-state index contributed by atoms with van der Waals surface area (Å²) in [5, 5.41) is 5.54. The fourth-order valence-electron chi connectivity index (χ4n) is 4.50. The van der Waals surface area contributed by atoms with Crippen molar-refractivity contribution in [2.75, 3.05) is 38.2 Å². The van der Waals surface area contributed by atoms with Gasteiger partial charge < -0.3 is 19.5 Å². The molecule has 32 heavy (non-hydrogen) atoms. The first-order chi connectivity index (χ1) is 15.6. The fourth-order valence-corrected chi connectivity index (χ4v) is 4.99. The molecule has 0 spiro atoms. The lowest BCUT2D eigenvalue weighted by Gasteiger charge is -2.29. The molecule has 0 amide bonds. The Morgan fingerprint density at radius 2 is 1.66 bits per heavy atom. The maximum Gasteiger partial charge on any atom is 0.142 e. The second-order valence-corrected chi connectivity index (χ2v) is 8.72. The molecular formula is C25H24Cl2N4O. The predicted molar refractivity (Wildman–Crippen MR) is 133 cm³/mol. The van der Waals surface area contributed by atoms with Gasteiger partial charge >= 0.3 is 0 Å². The van der Waals surface area contributed by atoms with E-state index in [0.717, 1.165) is 59.6 Å². The summed E-state index contributed by atoms with van der Waals surface area (Å²) in [6.45, 7) is 4.06. The number of nitrogens with one attached hydrogen (secondary N) is 1. The SMILES string of the molecule is COc1ccc(-c2c(-c3ccc(N4CCNCC4)cc3)n(C)c3nccc(Cl)c23)cc1Cl. The molecule has 2 aromatic heterocycles. The Bertz CT molecular complexity index is 1280. The van der Waals surface area contributed by atoms with Crippen LogP contribution in [0.2, 0.25) is 10.0 Å². The van der Waals surface area contributed by atoms with Crippen molar-refractivity contribution in [3.8, 4) is 28.1 Å². The zero-order chi connectivity index (χ0) is 22.2. The first-order valence-corrected chi connectivity index (χ1v) is 11.4. The molecule has 1 aliphatic rings. The van der Waals surface area contributed by atoms with Crippen LogP contribution in [0.1, 0.15) is 0 Å². The van der Waals surface area contributed by atoms with Gasteiger partial charge in [0.25, 0.3) is 0 Å². The molecule has 3 heterocycles. The number of hydrogen-bond acceptors (Lipinski definition) is 4. The fraction of sp³-hybridized carbons (Fsp3) is 0.240. The first kappa shape index (κ1) is 21.1. The van der Waals surface area contributed by atoms with E-state index in [1.807, 2.05) is 31.3 Å². The molecule has 5 rings (SSSR count). The van der Waals surface area contributed by atoms with E-state index in [4.69, 9.17) is 27.9 Å². The molecule has 0 atom stereocenters. The minimum Gasteiger partial charge on any atom is -0.495 e. The van der Waals surface area contributed by atoms with Gasteiger partial charge in [-0.25, -0.2) is 4.98 Å². The maximum atomic E-state index is 6.69. The number of hydrogen-bond donors (Lipinski definition) is 1. The standard InChI is InChI=1S/C25H24Cl2N4O/c1-30-24(16-3-6-18(7-4-16)31-13-11-28-12-14-31)22(23-19(26)9-10-29-25(23)30)17-5-8-21(32-2)20(27)15-17/h3-10,15,28H,11-14H2,1-2H3. The topological polar surface area (TPSA) is 42.3 Å². The van der Waals surface area contributed by atoms with Crippen molar-refractivity contribution < 1.29 is 4.74 Å². The Labute approximate surface area is 197 Å². The van der Waals surface area contributed by atoms with E-state index in [1.54, 1.807) is 13.3 Å². The molecule has 0 radical (unpaired) electrons. The number of methoxy groups -OCH3 is 1. The van der Waals surface area contributed by atoms with E-state index in [0.29, 0.717) is 15.8 Å². The van der Waals surface area contributed by atoms with Crippen LogP contribution in [-0.2, 0) is 7.05 Å².